The van der Waals surface area contributed by atoms with Gasteiger partial charge in [0.1, 0.15) is 11.6 Å². The number of hydrogen-bond acceptors (Lipinski definition) is 4. The van der Waals surface area contributed by atoms with Crippen LogP contribution in [0, 0.1) is 0 Å². The van der Waals surface area contributed by atoms with Crippen molar-refractivity contribution in [2.24, 2.45) is 7.05 Å². The maximum absolute atomic E-state index is 12.7. The number of ether oxygens (including phenoxy) is 1. The summed E-state index contributed by atoms with van der Waals surface area (Å²) >= 11 is 0. The van der Waals surface area contributed by atoms with Crippen LogP contribution in [0.15, 0.2) is 42.7 Å². The van der Waals surface area contributed by atoms with Gasteiger partial charge in [0.2, 0.25) is 5.91 Å². The van der Waals surface area contributed by atoms with Crippen molar-refractivity contribution in [1.29, 1.82) is 0 Å². The van der Waals surface area contributed by atoms with E-state index in [0.29, 0.717) is 13.0 Å². The van der Waals surface area contributed by atoms with Gasteiger partial charge in [-0.1, -0.05) is 12.1 Å². The molecule has 3 aromatic rings. The number of carbonyl (C=O) groups is 1. The van der Waals surface area contributed by atoms with Gasteiger partial charge in [-0.15, -0.1) is 0 Å². The Morgan fingerprint density at radius 2 is 2.23 bits per heavy atom. The molecule has 26 heavy (non-hydrogen) atoms. The fourth-order valence-electron chi connectivity index (χ4n) is 3.69. The van der Waals surface area contributed by atoms with Crippen LogP contribution in [0.5, 0.6) is 5.75 Å². The third-order valence-corrected chi connectivity index (χ3v) is 5.11. The lowest BCUT2D eigenvalue weighted by molar-refractivity contribution is -0.129. The molecule has 0 bridgehead atoms. The van der Waals surface area contributed by atoms with Gasteiger partial charge in [-0.25, -0.2) is 4.98 Å². The monoisotopic (exact) mass is 350 g/mol. The Morgan fingerprint density at radius 1 is 1.35 bits per heavy atom. The highest BCUT2D eigenvalue weighted by Crippen LogP contribution is 2.29. The Hall–Kier alpha value is -2.89. The largest absolute Gasteiger partial charge is 0.497 e. The van der Waals surface area contributed by atoms with Crippen molar-refractivity contribution in [3.63, 3.8) is 0 Å². The highest BCUT2D eigenvalue weighted by molar-refractivity contribution is 5.79. The highest BCUT2D eigenvalue weighted by Gasteiger charge is 2.30. The minimum absolute atomic E-state index is 0.154. The van der Waals surface area contributed by atoms with Gasteiger partial charge in [-0.05, 0) is 30.2 Å². The Morgan fingerprint density at radius 3 is 3.04 bits per heavy atom. The lowest BCUT2D eigenvalue weighted by Gasteiger charge is -2.17. The number of imidazole rings is 1. The molecule has 0 radical (unpaired) electrons. The van der Waals surface area contributed by atoms with Crippen LogP contribution >= 0.6 is 0 Å². The number of carbonyl (C=O) groups excluding carboxylic acids is 1. The molecule has 1 aromatic carbocycles. The van der Waals surface area contributed by atoms with Crippen LogP contribution in [-0.2, 0) is 18.3 Å². The van der Waals surface area contributed by atoms with Gasteiger partial charge in [-0.3, -0.25) is 9.78 Å². The SMILES string of the molecule is COc1cccc(CC(=O)N2CC[C@@H](c3nc4ccncc4n3C)C2)c1. The van der Waals surface area contributed by atoms with Crippen molar-refractivity contribution in [2.45, 2.75) is 18.8 Å². The molecule has 6 nitrogen and oxygen atoms in total. The summed E-state index contributed by atoms with van der Waals surface area (Å²) in [6.07, 6.45) is 4.94. The molecule has 6 heteroatoms. The second-order valence-corrected chi connectivity index (χ2v) is 6.75. The topological polar surface area (TPSA) is 60.2 Å². The number of rotatable bonds is 4. The minimum atomic E-state index is 0.154. The molecular weight excluding hydrogens is 328 g/mol. The van der Waals surface area contributed by atoms with Crippen LogP contribution in [0.3, 0.4) is 0 Å². The highest BCUT2D eigenvalue weighted by atomic mass is 16.5. The number of nitrogens with zero attached hydrogens (tertiary/aromatic N) is 4. The van der Waals surface area contributed by atoms with Crippen molar-refractivity contribution >= 4 is 16.9 Å². The second-order valence-electron chi connectivity index (χ2n) is 6.75. The predicted molar refractivity (Wildman–Crippen MR) is 99.1 cm³/mol. The molecule has 0 spiro atoms. The van der Waals surface area contributed by atoms with Gasteiger partial charge in [0.15, 0.2) is 0 Å². The zero-order valence-corrected chi connectivity index (χ0v) is 15.1. The molecule has 4 rings (SSSR count). The maximum Gasteiger partial charge on any atom is 0.227 e. The number of methoxy groups -OCH3 is 1. The van der Waals surface area contributed by atoms with Gasteiger partial charge in [0, 0.05) is 32.3 Å². The third kappa shape index (κ3) is 3.03. The molecule has 1 fully saturated rings. The van der Waals surface area contributed by atoms with Crippen LogP contribution in [0.2, 0.25) is 0 Å². The smallest absolute Gasteiger partial charge is 0.227 e. The molecule has 1 aliphatic rings. The van der Waals surface area contributed by atoms with E-state index in [9.17, 15) is 4.79 Å². The van der Waals surface area contributed by atoms with Crippen LogP contribution in [0.4, 0.5) is 0 Å². The van der Waals surface area contributed by atoms with E-state index >= 15 is 0 Å². The molecule has 3 heterocycles. The number of aryl methyl sites for hydroxylation is 1. The van der Waals surface area contributed by atoms with Crippen molar-refractivity contribution in [2.75, 3.05) is 20.2 Å². The zero-order chi connectivity index (χ0) is 18.1. The number of hydrogen-bond donors (Lipinski definition) is 0. The lowest BCUT2D eigenvalue weighted by Crippen LogP contribution is -2.30. The fourth-order valence-corrected chi connectivity index (χ4v) is 3.69. The third-order valence-electron chi connectivity index (χ3n) is 5.11. The quantitative estimate of drug-likeness (QED) is 0.725. The van der Waals surface area contributed by atoms with Crippen LogP contribution in [-0.4, -0.2) is 45.5 Å². The summed E-state index contributed by atoms with van der Waals surface area (Å²) in [5.41, 5.74) is 2.97. The molecule has 0 saturated carbocycles. The molecule has 134 valence electrons. The number of likely N-dealkylation sites (tertiary alicyclic amines) is 1. The number of fused-ring (bicyclic) bond motifs is 1. The van der Waals surface area contributed by atoms with E-state index in [-0.39, 0.29) is 11.8 Å². The van der Waals surface area contributed by atoms with Crippen LogP contribution in [0.25, 0.3) is 11.0 Å². The first-order valence-electron chi connectivity index (χ1n) is 8.82. The lowest BCUT2D eigenvalue weighted by atomic mass is 10.1. The summed E-state index contributed by atoms with van der Waals surface area (Å²) in [5.74, 6) is 2.23. The first-order chi connectivity index (χ1) is 12.7. The van der Waals surface area contributed by atoms with Crippen molar-refractivity contribution in [1.82, 2.24) is 19.4 Å². The summed E-state index contributed by atoms with van der Waals surface area (Å²) in [6.45, 7) is 1.49. The fraction of sp³-hybridized carbons (Fsp3) is 0.350. The minimum Gasteiger partial charge on any atom is -0.497 e. The first-order valence-corrected chi connectivity index (χ1v) is 8.82. The van der Waals surface area contributed by atoms with E-state index < -0.39 is 0 Å². The average Bonchev–Trinajstić information content (AvgIpc) is 3.27. The number of benzene rings is 1. The van der Waals surface area contributed by atoms with Gasteiger partial charge in [-0.2, -0.15) is 0 Å². The summed E-state index contributed by atoms with van der Waals surface area (Å²) in [7, 11) is 3.66. The van der Waals surface area contributed by atoms with E-state index in [1.807, 2.05) is 48.5 Å². The molecule has 1 saturated heterocycles. The second kappa shape index (κ2) is 6.78. The normalized spacial score (nSPS) is 17.0. The number of amides is 1. The molecule has 0 N–H and O–H groups in total. The summed E-state index contributed by atoms with van der Waals surface area (Å²) in [4.78, 5) is 23.6. The van der Waals surface area contributed by atoms with Crippen LogP contribution in [0.1, 0.15) is 23.7 Å². The Labute approximate surface area is 152 Å². The van der Waals surface area contributed by atoms with Crippen molar-refractivity contribution in [3.05, 3.63) is 54.1 Å². The Kier molecular flexibility index (Phi) is 4.32. The number of pyridine rings is 1. The van der Waals surface area contributed by atoms with E-state index in [1.165, 1.54) is 0 Å². The zero-order valence-electron chi connectivity index (χ0n) is 15.1. The van der Waals surface area contributed by atoms with E-state index in [2.05, 4.69) is 9.55 Å². The van der Waals surface area contributed by atoms with E-state index in [4.69, 9.17) is 9.72 Å². The summed E-state index contributed by atoms with van der Waals surface area (Å²) in [5, 5.41) is 0. The molecule has 1 atom stereocenters. The van der Waals surface area contributed by atoms with Gasteiger partial charge in [0.05, 0.1) is 30.8 Å². The van der Waals surface area contributed by atoms with E-state index in [0.717, 1.165) is 41.1 Å². The van der Waals surface area contributed by atoms with Crippen molar-refractivity contribution in [3.8, 4) is 5.75 Å². The molecule has 0 unspecified atom stereocenters. The Bertz CT molecular complexity index is 950. The summed E-state index contributed by atoms with van der Waals surface area (Å²) < 4.78 is 7.34. The maximum atomic E-state index is 12.7. The van der Waals surface area contributed by atoms with Gasteiger partial charge < -0.3 is 14.2 Å². The number of aromatic nitrogens is 3. The molecule has 1 amide bonds. The van der Waals surface area contributed by atoms with Gasteiger partial charge >= 0.3 is 0 Å². The van der Waals surface area contributed by atoms with E-state index in [1.54, 1.807) is 13.3 Å². The molecular formula is C20H22N4O2. The predicted octanol–water partition coefficient (Wildman–Crippen LogP) is 2.54. The van der Waals surface area contributed by atoms with Crippen molar-refractivity contribution < 1.29 is 9.53 Å². The standard InChI is InChI=1S/C20H22N4O2/c1-23-18-12-21-8-6-17(18)22-20(23)15-7-9-24(13-15)19(25)11-14-4-3-5-16(10-14)26-2/h3-6,8,10,12,15H,7,9,11,13H2,1-2H3/t15-/m1/s1. The molecule has 2 aromatic heterocycles. The van der Waals surface area contributed by atoms with Gasteiger partial charge in [0.25, 0.3) is 0 Å². The summed E-state index contributed by atoms with van der Waals surface area (Å²) in [6, 6.07) is 9.62. The average molecular weight is 350 g/mol. The first kappa shape index (κ1) is 16.6. The molecule has 0 aliphatic carbocycles. The van der Waals surface area contributed by atoms with Crippen LogP contribution < -0.4 is 4.74 Å². The Balaban J connectivity index is 1.47. The molecule has 1 aliphatic heterocycles.